The second-order valence-electron chi connectivity index (χ2n) is 5.36. The fraction of sp³-hybridized carbons (Fsp3) is 0.235. The van der Waals surface area contributed by atoms with Gasteiger partial charge in [-0.15, -0.1) is 0 Å². The van der Waals surface area contributed by atoms with E-state index in [1.807, 2.05) is 12.1 Å². The number of carbonyl (C=O) groups excluding carboxylic acids is 1. The number of hydrogen-bond donors (Lipinski definition) is 2. The first kappa shape index (κ1) is 14.0. The molecule has 0 aliphatic heterocycles. The van der Waals surface area contributed by atoms with E-state index in [4.69, 9.17) is 17.3 Å². The van der Waals surface area contributed by atoms with Crippen LogP contribution in [0.4, 0.5) is 5.69 Å². The molecule has 108 valence electrons. The molecule has 0 saturated heterocycles. The van der Waals surface area contributed by atoms with Crippen LogP contribution in [0.5, 0.6) is 0 Å². The van der Waals surface area contributed by atoms with Gasteiger partial charge in [0.25, 0.3) is 5.91 Å². The summed E-state index contributed by atoms with van der Waals surface area (Å²) in [6.07, 6.45) is 3.09. The lowest BCUT2D eigenvalue weighted by molar-refractivity contribution is 0.0933. The third-order valence-electron chi connectivity index (χ3n) is 3.91. The third kappa shape index (κ3) is 2.88. The molecule has 1 aliphatic carbocycles. The molecule has 21 heavy (non-hydrogen) atoms. The molecule has 0 saturated carbocycles. The molecule has 0 heterocycles. The average molecular weight is 301 g/mol. The fourth-order valence-electron chi connectivity index (χ4n) is 2.86. The van der Waals surface area contributed by atoms with Gasteiger partial charge < -0.3 is 11.1 Å². The summed E-state index contributed by atoms with van der Waals surface area (Å²) >= 11 is 6.09. The summed E-state index contributed by atoms with van der Waals surface area (Å²) in [4.78, 5) is 12.4. The van der Waals surface area contributed by atoms with Crippen LogP contribution in [-0.4, -0.2) is 5.91 Å². The maximum atomic E-state index is 12.4. The molecule has 1 atom stereocenters. The van der Waals surface area contributed by atoms with Gasteiger partial charge in [0.2, 0.25) is 0 Å². The molecule has 3 N–H and O–H groups in total. The fourth-order valence-corrected chi connectivity index (χ4v) is 3.06. The van der Waals surface area contributed by atoms with Crippen LogP contribution in [0.1, 0.15) is 40.4 Å². The summed E-state index contributed by atoms with van der Waals surface area (Å²) in [7, 11) is 0. The van der Waals surface area contributed by atoms with E-state index in [-0.39, 0.29) is 11.9 Å². The molecular weight excluding hydrogens is 284 g/mol. The molecular formula is C17H17ClN2O. The van der Waals surface area contributed by atoms with E-state index < -0.39 is 0 Å². The molecule has 0 spiro atoms. The van der Waals surface area contributed by atoms with Crippen LogP contribution in [0.2, 0.25) is 5.02 Å². The van der Waals surface area contributed by atoms with Gasteiger partial charge in [0.1, 0.15) is 0 Å². The number of aryl methyl sites for hydroxylation is 1. The predicted octanol–water partition coefficient (Wildman–Crippen LogP) is 3.73. The Balaban J connectivity index is 1.84. The summed E-state index contributed by atoms with van der Waals surface area (Å²) in [5.41, 5.74) is 9.22. The number of halogens is 1. The first-order chi connectivity index (χ1) is 10.1. The Kier molecular flexibility index (Phi) is 3.84. The maximum Gasteiger partial charge on any atom is 0.253 e. The SMILES string of the molecule is Nc1ccc(Cl)c(C(=O)NC2CCCc3ccccc32)c1. The third-order valence-corrected chi connectivity index (χ3v) is 4.24. The Morgan fingerprint density at radius 3 is 2.90 bits per heavy atom. The van der Waals surface area contributed by atoms with Crippen molar-refractivity contribution in [2.24, 2.45) is 0 Å². The van der Waals surface area contributed by atoms with E-state index >= 15 is 0 Å². The van der Waals surface area contributed by atoms with Crippen molar-refractivity contribution < 1.29 is 4.79 Å². The minimum atomic E-state index is -0.172. The van der Waals surface area contributed by atoms with Gasteiger partial charge in [-0.3, -0.25) is 4.79 Å². The standard InChI is InChI=1S/C17H17ClN2O/c18-15-9-8-12(19)10-14(15)17(21)20-16-7-3-5-11-4-1-2-6-13(11)16/h1-2,4,6,8-10,16H,3,5,7,19H2,(H,20,21). The van der Waals surface area contributed by atoms with E-state index in [1.165, 1.54) is 11.1 Å². The number of amides is 1. The summed E-state index contributed by atoms with van der Waals surface area (Å²) in [5.74, 6) is -0.172. The van der Waals surface area contributed by atoms with Gasteiger partial charge >= 0.3 is 0 Å². The quantitative estimate of drug-likeness (QED) is 0.830. The first-order valence-electron chi connectivity index (χ1n) is 7.09. The number of carbonyl (C=O) groups is 1. The smallest absolute Gasteiger partial charge is 0.253 e. The molecule has 1 unspecified atom stereocenters. The van der Waals surface area contributed by atoms with E-state index in [2.05, 4.69) is 17.4 Å². The van der Waals surface area contributed by atoms with Crippen LogP contribution in [-0.2, 0) is 6.42 Å². The zero-order valence-electron chi connectivity index (χ0n) is 11.6. The highest BCUT2D eigenvalue weighted by molar-refractivity contribution is 6.34. The van der Waals surface area contributed by atoms with Crippen molar-refractivity contribution in [1.82, 2.24) is 5.32 Å². The number of nitrogen functional groups attached to an aromatic ring is 1. The van der Waals surface area contributed by atoms with Gasteiger partial charge in [0, 0.05) is 5.69 Å². The summed E-state index contributed by atoms with van der Waals surface area (Å²) in [5, 5.41) is 3.50. The molecule has 0 bridgehead atoms. The molecule has 1 aliphatic rings. The molecule has 4 heteroatoms. The molecule has 0 aromatic heterocycles. The lowest BCUT2D eigenvalue weighted by Crippen LogP contribution is -2.31. The Bertz CT molecular complexity index is 684. The molecule has 3 rings (SSSR count). The van der Waals surface area contributed by atoms with Crippen LogP contribution in [0, 0.1) is 0 Å². The number of hydrogen-bond acceptors (Lipinski definition) is 2. The van der Waals surface area contributed by atoms with Gasteiger partial charge in [-0.1, -0.05) is 35.9 Å². The van der Waals surface area contributed by atoms with Crippen LogP contribution < -0.4 is 11.1 Å². The van der Waals surface area contributed by atoms with Crippen LogP contribution in [0.25, 0.3) is 0 Å². The van der Waals surface area contributed by atoms with E-state index in [1.54, 1.807) is 18.2 Å². The van der Waals surface area contributed by atoms with Crippen LogP contribution in [0.3, 0.4) is 0 Å². The Morgan fingerprint density at radius 1 is 1.24 bits per heavy atom. The van der Waals surface area contributed by atoms with Crippen molar-refractivity contribution in [2.45, 2.75) is 25.3 Å². The van der Waals surface area contributed by atoms with Gasteiger partial charge in [-0.25, -0.2) is 0 Å². The summed E-state index contributed by atoms with van der Waals surface area (Å²) in [6, 6.07) is 13.3. The average Bonchev–Trinajstić information content (AvgIpc) is 2.50. The summed E-state index contributed by atoms with van der Waals surface area (Å²) in [6.45, 7) is 0. The number of benzene rings is 2. The highest BCUT2D eigenvalue weighted by Crippen LogP contribution is 2.30. The highest BCUT2D eigenvalue weighted by Gasteiger charge is 2.22. The monoisotopic (exact) mass is 300 g/mol. The molecule has 1 amide bonds. The highest BCUT2D eigenvalue weighted by atomic mass is 35.5. The van der Waals surface area contributed by atoms with E-state index in [0.717, 1.165) is 19.3 Å². The number of rotatable bonds is 2. The van der Waals surface area contributed by atoms with Crippen molar-refractivity contribution in [3.8, 4) is 0 Å². The van der Waals surface area contributed by atoms with Gasteiger partial charge in [0.15, 0.2) is 0 Å². The minimum absolute atomic E-state index is 0.0416. The lowest BCUT2D eigenvalue weighted by Gasteiger charge is -2.26. The molecule has 0 fully saturated rings. The lowest BCUT2D eigenvalue weighted by atomic mass is 9.87. The maximum absolute atomic E-state index is 12.4. The number of nitrogens with one attached hydrogen (secondary N) is 1. The van der Waals surface area contributed by atoms with Crippen molar-refractivity contribution in [3.05, 3.63) is 64.2 Å². The first-order valence-corrected chi connectivity index (χ1v) is 7.46. The van der Waals surface area contributed by atoms with Crippen LogP contribution in [0.15, 0.2) is 42.5 Å². The Morgan fingerprint density at radius 2 is 2.05 bits per heavy atom. The molecule has 0 radical (unpaired) electrons. The molecule has 2 aromatic rings. The second kappa shape index (κ2) is 5.78. The molecule has 2 aromatic carbocycles. The Labute approximate surface area is 129 Å². The molecule has 3 nitrogen and oxygen atoms in total. The largest absolute Gasteiger partial charge is 0.399 e. The van der Waals surface area contributed by atoms with E-state index in [9.17, 15) is 4.79 Å². The minimum Gasteiger partial charge on any atom is -0.399 e. The van der Waals surface area contributed by atoms with Crippen molar-refractivity contribution in [2.75, 3.05) is 5.73 Å². The predicted molar refractivity (Wildman–Crippen MR) is 85.5 cm³/mol. The normalized spacial score (nSPS) is 17.1. The second-order valence-corrected chi connectivity index (χ2v) is 5.76. The van der Waals surface area contributed by atoms with Crippen LogP contribution >= 0.6 is 11.6 Å². The van der Waals surface area contributed by atoms with Gasteiger partial charge in [-0.2, -0.15) is 0 Å². The topological polar surface area (TPSA) is 55.1 Å². The Hall–Kier alpha value is -2.00. The van der Waals surface area contributed by atoms with Crippen molar-refractivity contribution >= 4 is 23.2 Å². The van der Waals surface area contributed by atoms with Crippen molar-refractivity contribution in [3.63, 3.8) is 0 Å². The number of nitrogens with two attached hydrogens (primary N) is 1. The number of fused-ring (bicyclic) bond motifs is 1. The zero-order chi connectivity index (χ0) is 14.8. The van der Waals surface area contributed by atoms with E-state index in [0.29, 0.717) is 16.3 Å². The summed E-state index contributed by atoms with van der Waals surface area (Å²) < 4.78 is 0. The number of anilines is 1. The zero-order valence-corrected chi connectivity index (χ0v) is 12.4. The van der Waals surface area contributed by atoms with Crippen molar-refractivity contribution in [1.29, 1.82) is 0 Å². The van der Waals surface area contributed by atoms with Gasteiger partial charge in [-0.05, 0) is 48.6 Å². The van der Waals surface area contributed by atoms with Gasteiger partial charge in [0.05, 0.1) is 16.6 Å².